The molecule has 0 radical (unpaired) electrons. The zero-order valence-corrected chi connectivity index (χ0v) is 11.9. The van der Waals surface area contributed by atoms with Crippen LogP contribution in [0.15, 0.2) is 0 Å². The van der Waals surface area contributed by atoms with E-state index in [4.69, 9.17) is 0 Å². The molecule has 0 saturated carbocycles. The van der Waals surface area contributed by atoms with Crippen LogP contribution in [-0.2, 0) is 0 Å². The predicted molar refractivity (Wildman–Crippen MR) is 70.1 cm³/mol. The number of hydrogen-bond acceptors (Lipinski definition) is 1. The zero-order chi connectivity index (χ0) is 12.0. The fraction of sp³-hybridized carbons (Fsp3) is 1.00. The SMILES string of the molecule is CC.CC(C)C1CCN(C)CC1C(C)C. The van der Waals surface area contributed by atoms with Gasteiger partial charge in [-0.05, 0) is 43.7 Å². The van der Waals surface area contributed by atoms with Gasteiger partial charge in [-0.25, -0.2) is 0 Å². The van der Waals surface area contributed by atoms with E-state index in [9.17, 15) is 0 Å². The molecule has 1 nitrogen and oxygen atoms in total. The maximum atomic E-state index is 2.49. The monoisotopic (exact) mass is 213 g/mol. The number of nitrogens with zero attached hydrogens (tertiary/aromatic N) is 1. The van der Waals surface area contributed by atoms with Gasteiger partial charge in [0.25, 0.3) is 0 Å². The Morgan fingerprint density at radius 2 is 1.40 bits per heavy atom. The fourth-order valence-corrected chi connectivity index (χ4v) is 2.70. The smallest absolute Gasteiger partial charge is 0.00118 e. The molecule has 92 valence electrons. The summed E-state index contributed by atoms with van der Waals surface area (Å²) in [6, 6.07) is 0. The molecule has 0 N–H and O–H groups in total. The van der Waals surface area contributed by atoms with Crippen LogP contribution in [0.4, 0.5) is 0 Å². The Balaban J connectivity index is 0.000000921. The molecule has 1 rings (SSSR count). The maximum absolute atomic E-state index is 2.49. The molecule has 0 aromatic rings. The Morgan fingerprint density at radius 3 is 1.80 bits per heavy atom. The number of hydrogen-bond donors (Lipinski definition) is 0. The molecule has 0 aliphatic carbocycles. The molecule has 1 saturated heterocycles. The summed E-state index contributed by atoms with van der Waals surface area (Å²) >= 11 is 0. The highest BCUT2D eigenvalue weighted by molar-refractivity contribution is 4.82. The van der Waals surface area contributed by atoms with Crippen LogP contribution in [0.25, 0.3) is 0 Å². The van der Waals surface area contributed by atoms with Crippen molar-refractivity contribution in [3.05, 3.63) is 0 Å². The van der Waals surface area contributed by atoms with Gasteiger partial charge < -0.3 is 4.90 Å². The van der Waals surface area contributed by atoms with Gasteiger partial charge in [0.2, 0.25) is 0 Å². The minimum Gasteiger partial charge on any atom is -0.306 e. The lowest BCUT2D eigenvalue weighted by Crippen LogP contribution is -2.42. The Bertz CT molecular complexity index is 151. The first-order chi connectivity index (χ1) is 7.02. The third kappa shape index (κ3) is 4.55. The van der Waals surface area contributed by atoms with E-state index in [2.05, 4.69) is 39.6 Å². The van der Waals surface area contributed by atoms with E-state index in [1.807, 2.05) is 13.8 Å². The van der Waals surface area contributed by atoms with Gasteiger partial charge in [0, 0.05) is 6.54 Å². The summed E-state index contributed by atoms with van der Waals surface area (Å²) in [6.45, 7) is 16.1. The molecule has 0 spiro atoms. The lowest BCUT2D eigenvalue weighted by molar-refractivity contribution is 0.0792. The van der Waals surface area contributed by atoms with Crippen molar-refractivity contribution in [2.24, 2.45) is 23.7 Å². The van der Waals surface area contributed by atoms with Crippen LogP contribution in [0.1, 0.15) is 48.0 Å². The standard InChI is InChI=1S/C12H25N.C2H6/c1-9(2)11-6-7-13(5)8-12(11)10(3)4;1-2/h9-12H,6-8H2,1-5H3;1-2H3. The maximum Gasteiger partial charge on any atom is 0.00118 e. The highest BCUT2D eigenvalue weighted by Crippen LogP contribution is 2.33. The van der Waals surface area contributed by atoms with Gasteiger partial charge in [-0.3, -0.25) is 0 Å². The first-order valence-electron chi connectivity index (χ1n) is 6.71. The molecule has 0 bridgehead atoms. The molecule has 0 aromatic heterocycles. The van der Waals surface area contributed by atoms with Crippen LogP contribution >= 0.6 is 0 Å². The van der Waals surface area contributed by atoms with Gasteiger partial charge in [0.1, 0.15) is 0 Å². The molecular formula is C14H31N. The molecule has 2 unspecified atom stereocenters. The van der Waals surface area contributed by atoms with E-state index < -0.39 is 0 Å². The highest BCUT2D eigenvalue weighted by Gasteiger charge is 2.31. The molecule has 1 heteroatoms. The first-order valence-corrected chi connectivity index (χ1v) is 6.71. The largest absolute Gasteiger partial charge is 0.306 e. The molecule has 1 heterocycles. The van der Waals surface area contributed by atoms with Gasteiger partial charge in [-0.15, -0.1) is 0 Å². The Hall–Kier alpha value is -0.0400. The van der Waals surface area contributed by atoms with Crippen molar-refractivity contribution in [1.29, 1.82) is 0 Å². The highest BCUT2D eigenvalue weighted by atomic mass is 15.1. The van der Waals surface area contributed by atoms with E-state index in [-0.39, 0.29) is 0 Å². The second-order valence-corrected chi connectivity index (χ2v) is 5.37. The van der Waals surface area contributed by atoms with Crippen LogP contribution in [0, 0.1) is 23.7 Å². The first kappa shape index (κ1) is 15.0. The number of piperidine rings is 1. The summed E-state index contributed by atoms with van der Waals surface area (Å²) < 4.78 is 0. The van der Waals surface area contributed by atoms with Crippen molar-refractivity contribution in [2.75, 3.05) is 20.1 Å². The van der Waals surface area contributed by atoms with Crippen LogP contribution in [-0.4, -0.2) is 25.0 Å². The summed E-state index contributed by atoms with van der Waals surface area (Å²) in [5.41, 5.74) is 0. The van der Waals surface area contributed by atoms with E-state index >= 15 is 0 Å². The normalized spacial score (nSPS) is 27.8. The minimum atomic E-state index is 0.843. The summed E-state index contributed by atoms with van der Waals surface area (Å²) in [7, 11) is 2.26. The second kappa shape index (κ2) is 7.27. The van der Waals surface area contributed by atoms with E-state index in [1.165, 1.54) is 19.5 Å². The van der Waals surface area contributed by atoms with Gasteiger partial charge in [0.05, 0.1) is 0 Å². The van der Waals surface area contributed by atoms with Crippen LogP contribution in [0.3, 0.4) is 0 Å². The van der Waals surface area contributed by atoms with E-state index in [1.54, 1.807) is 0 Å². The van der Waals surface area contributed by atoms with Crippen molar-refractivity contribution in [3.8, 4) is 0 Å². The number of likely N-dealkylation sites (tertiary alicyclic amines) is 1. The van der Waals surface area contributed by atoms with E-state index in [0.717, 1.165) is 23.7 Å². The van der Waals surface area contributed by atoms with Gasteiger partial charge in [0.15, 0.2) is 0 Å². The van der Waals surface area contributed by atoms with Crippen LogP contribution < -0.4 is 0 Å². The molecule has 0 aromatic carbocycles. The molecule has 1 aliphatic rings. The Morgan fingerprint density at radius 1 is 0.933 bits per heavy atom. The van der Waals surface area contributed by atoms with Crippen LogP contribution in [0.5, 0.6) is 0 Å². The molecule has 15 heavy (non-hydrogen) atoms. The molecule has 1 aliphatic heterocycles. The summed E-state index contributed by atoms with van der Waals surface area (Å²) in [4.78, 5) is 2.49. The average molecular weight is 213 g/mol. The summed E-state index contributed by atoms with van der Waals surface area (Å²) in [6.07, 6.45) is 1.40. The predicted octanol–water partition coefficient (Wildman–Crippen LogP) is 3.89. The van der Waals surface area contributed by atoms with Crippen molar-refractivity contribution in [2.45, 2.75) is 48.0 Å². The lowest BCUT2D eigenvalue weighted by atomic mass is 9.73. The zero-order valence-electron chi connectivity index (χ0n) is 11.9. The van der Waals surface area contributed by atoms with Gasteiger partial charge in [-0.1, -0.05) is 41.5 Å². The second-order valence-electron chi connectivity index (χ2n) is 5.37. The van der Waals surface area contributed by atoms with Crippen molar-refractivity contribution < 1.29 is 0 Å². The van der Waals surface area contributed by atoms with Crippen molar-refractivity contribution in [3.63, 3.8) is 0 Å². The van der Waals surface area contributed by atoms with Gasteiger partial charge >= 0.3 is 0 Å². The van der Waals surface area contributed by atoms with Crippen LogP contribution in [0.2, 0.25) is 0 Å². The lowest BCUT2D eigenvalue weighted by Gasteiger charge is -2.41. The number of rotatable bonds is 2. The van der Waals surface area contributed by atoms with Crippen molar-refractivity contribution in [1.82, 2.24) is 4.90 Å². The molecule has 2 atom stereocenters. The fourth-order valence-electron chi connectivity index (χ4n) is 2.70. The van der Waals surface area contributed by atoms with E-state index in [0.29, 0.717) is 0 Å². The summed E-state index contributed by atoms with van der Waals surface area (Å²) in [5.74, 6) is 3.58. The summed E-state index contributed by atoms with van der Waals surface area (Å²) in [5, 5.41) is 0. The average Bonchev–Trinajstić information content (AvgIpc) is 2.20. The topological polar surface area (TPSA) is 3.24 Å². The quantitative estimate of drug-likeness (QED) is 0.672. The molecule has 1 fully saturated rings. The van der Waals surface area contributed by atoms with Gasteiger partial charge in [-0.2, -0.15) is 0 Å². The Kier molecular flexibility index (Phi) is 7.25. The van der Waals surface area contributed by atoms with Crippen molar-refractivity contribution >= 4 is 0 Å². The Labute approximate surface area is 97.2 Å². The molecular weight excluding hydrogens is 182 g/mol. The minimum absolute atomic E-state index is 0.843. The molecule has 0 amide bonds. The third-order valence-electron chi connectivity index (χ3n) is 3.63. The third-order valence-corrected chi connectivity index (χ3v) is 3.63.